The second kappa shape index (κ2) is 4.03. The normalized spacial score (nSPS) is 27.2. The minimum atomic E-state index is -0.314. The lowest BCUT2D eigenvalue weighted by Crippen LogP contribution is -2.41. The molecule has 0 aliphatic carbocycles. The van der Waals surface area contributed by atoms with Gasteiger partial charge >= 0.3 is 7.25 Å². The number of nitrogens with zero attached hydrogens (tertiary/aromatic N) is 1. The Kier molecular flexibility index (Phi) is 3.14. The molecule has 88 valence electrons. The third kappa shape index (κ3) is 2.17. The zero-order chi connectivity index (χ0) is 12.0. The summed E-state index contributed by atoms with van der Waals surface area (Å²) >= 11 is 2.33. The smallest absolute Gasteiger partial charge is 0.384 e. The lowest BCUT2D eigenvalue weighted by molar-refractivity contribution is 0.00578. The topological polar surface area (TPSA) is 21.7 Å². The van der Waals surface area contributed by atoms with Crippen LogP contribution in [0.4, 0.5) is 0 Å². The van der Waals surface area contributed by atoms with E-state index in [-0.39, 0.29) is 18.5 Å². The number of rotatable bonds is 1. The van der Waals surface area contributed by atoms with Crippen LogP contribution in [-0.4, -0.2) is 23.3 Å². The van der Waals surface area contributed by atoms with Crippen LogP contribution >= 0.6 is 22.6 Å². The lowest BCUT2D eigenvalue weighted by Gasteiger charge is -2.32. The summed E-state index contributed by atoms with van der Waals surface area (Å²) in [5, 5.41) is 0. The average Bonchev–Trinajstić information content (AvgIpc) is 2.36. The highest BCUT2D eigenvalue weighted by atomic mass is 127. The molecule has 0 aromatic heterocycles. The Hall–Kier alpha value is -0.00506. The molecule has 2 aliphatic rings. The van der Waals surface area contributed by atoms with Crippen LogP contribution in [-0.2, 0) is 9.31 Å². The molecule has 0 N–H and O–H groups in total. The molecular formula is C11H17BINO2. The monoisotopic (exact) mass is 333 g/mol. The Morgan fingerprint density at radius 2 is 1.81 bits per heavy atom. The first-order valence-electron chi connectivity index (χ1n) is 5.48. The summed E-state index contributed by atoms with van der Waals surface area (Å²) in [6, 6.07) is 0. The molecule has 1 fully saturated rings. The molecule has 2 aliphatic heterocycles. The minimum absolute atomic E-state index is 0.276. The third-order valence-electron chi connectivity index (χ3n) is 3.36. The molecule has 0 unspecified atom stereocenters. The van der Waals surface area contributed by atoms with Crippen LogP contribution in [0.15, 0.2) is 22.1 Å². The van der Waals surface area contributed by atoms with E-state index in [0.29, 0.717) is 0 Å². The molecule has 2 heterocycles. The molecule has 0 atom stereocenters. The Balaban J connectivity index is 2.15. The van der Waals surface area contributed by atoms with E-state index in [4.69, 9.17) is 9.31 Å². The van der Waals surface area contributed by atoms with Gasteiger partial charge in [0.15, 0.2) is 0 Å². The first-order chi connectivity index (χ1) is 7.32. The predicted octanol–water partition coefficient (Wildman–Crippen LogP) is 3.07. The molecule has 0 aromatic rings. The molecular weight excluding hydrogens is 316 g/mol. The standard InChI is InChI=1S/C11H17BINO2/c1-10(2)11(3,4)16-12(15-10)14-7-5-6-9(13)8-14/h5,7-8H,6H2,1-4H3. The van der Waals surface area contributed by atoms with Gasteiger partial charge in [0, 0.05) is 9.78 Å². The van der Waals surface area contributed by atoms with E-state index in [2.05, 4.69) is 62.6 Å². The van der Waals surface area contributed by atoms with Crippen molar-refractivity contribution in [2.75, 3.05) is 0 Å². The molecule has 16 heavy (non-hydrogen) atoms. The second-order valence-electron chi connectivity index (χ2n) is 5.18. The molecule has 0 amide bonds. The number of hydrogen-bond donors (Lipinski definition) is 0. The fourth-order valence-electron chi connectivity index (χ4n) is 1.61. The van der Waals surface area contributed by atoms with E-state index in [1.54, 1.807) is 0 Å². The third-order valence-corrected chi connectivity index (χ3v) is 4.08. The van der Waals surface area contributed by atoms with Gasteiger partial charge < -0.3 is 14.1 Å². The summed E-state index contributed by atoms with van der Waals surface area (Å²) in [4.78, 5) is 1.99. The van der Waals surface area contributed by atoms with Crippen LogP contribution in [0, 0.1) is 0 Å². The first-order valence-corrected chi connectivity index (χ1v) is 6.56. The van der Waals surface area contributed by atoms with Crippen LogP contribution in [0.25, 0.3) is 0 Å². The minimum Gasteiger partial charge on any atom is -0.384 e. The lowest BCUT2D eigenvalue weighted by atomic mass is 9.90. The van der Waals surface area contributed by atoms with Gasteiger partial charge in [-0.1, -0.05) is 6.08 Å². The maximum atomic E-state index is 5.96. The van der Waals surface area contributed by atoms with Crippen LogP contribution in [0.2, 0.25) is 0 Å². The Morgan fingerprint density at radius 1 is 1.25 bits per heavy atom. The van der Waals surface area contributed by atoms with E-state index in [0.717, 1.165) is 6.42 Å². The van der Waals surface area contributed by atoms with Crippen molar-refractivity contribution in [3.8, 4) is 0 Å². The van der Waals surface area contributed by atoms with Crippen molar-refractivity contribution in [1.82, 2.24) is 4.81 Å². The van der Waals surface area contributed by atoms with Crippen molar-refractivity contribution in [2.24, 2.45) is 0 Å². The molecule has 1 saturated heterocycles. The zero-order valence-corrected chi connectivity index (χ0v) is 12.3. The predicted molar refractivity (Wildman–Crippen MR) is 73.8 cm³/mol. The Bertz CT molecular complexity index is 336. The summed E-state index contributed by atoms with van der Waals surface area (Å²) in [6.45, 7) is 8.26. The van der Waals surface area contributed by atoms with E-state index in [1.807, 2.05) is 11.0 Å². The maximum Gasteiger partial charge on any atom is 0.598 e. The van der Waals surface area contributed by atoms with Gasteiger partial charge in [-0.15, -0.1) is 0 Å². The zero-order valence-electron chi connectivity index (χ0n) is 10.2. The van der Waals surface area contributed by atoms with Crippen molar-refractivity contribution in [3.63, 3.8) is 0 Å². The first kappa shape index (κ1) is 12.5. The molecule has 0 radical (unpaired) electrons. The van der Waals surface area contributed by atoms with Crippen LogP contribution in [0.1, 0.15) is 34.1 Å². The molecule has 3 nitrogen and oxygen atoms in total. The highest BCUT2D eigenvalue weighted by Crippen LogP contribution is 2.38. The average molecular weight is 333 g/mol. The van der Waals surface area contributed by atoms with Gasteiger partial charge in [-0.05, 0) is 62.9 Å². The molecule has 0 bridgehead atoms. The Labute approximate surface area is 111 Å². The second-order valence-corrected chi connectivity index (χ2v) is 6.56. The van der Waals surface area contributed by atoms with Crippen LogP contribution in [0.5, 0.6) is 0 Å². The molecule has 2 rings (SSSR count). The summed E-state index contributed by atoms with van der Waals surface area (Å²) < 4.78 is 13.2. The Morgan fingerprint density at radius 3 is 2.31 bits per heavy atom. The van der Waals surface area contributed by atoms with Crippen molar-refractivity contribution in [1.29, 1.82) is 0 Å². The van der Waals surface area contributed by atoms with Gasteiger partial charge in [0.1, 0.15) is 0 Å². The molecule has 0 spiro atoms. The highest BCUT2D eigenvalue weighted by Gasteiger charge is 2.53. The number of allylic oxidation sites excluding steroid dienone is 2. The van der Waals surface area contributed by atoms with Gasteiger partial charge in [-0.25, -0.2) is 0 Å². The van der Waals surface area contributed by atoms with Crippen LogP contribution < -0.4 is 0 Å². The van der Waals surface area contributed by atoms with Crippen molar-refractivity contribution < 1.29 is 9.31 Å². The summed E-state index contributed by atoms with van der Waals surface area (Å²) in [5.74, 6) is 0. The van der Waals surface area contributed by atoms with Gasteiger partial charge in [0.25, 0.3) is 0 Å². The van der Waals surface area contributed by atoms with E-state index >= 15 is 0 Å². The fraction of sp³-hybridized carbons (Fsp3) is 0.636. The van der Waals surface area contributed by atoms with E-state index in [9.17, 15) is 0 Å². The van der Waals surface area contributed by atoms with Gasteiger partial charge in [0.2, 0.25) is 0 Å². The molecule has 0 aromatic carbocycles. The number of halogens is 1. The van der Waals surface area contributed by atoms with Gasteiger partial charge in [-0.3, -0.25) is 0 Å². The largest absolute Gasteiger partial charge is 0.598 e. The van der Waals surface area contributed by atoms with E-state index in [1.165, 1.54) is 3.58 Å². The fourth-order valence-corrected chi connectivity index (χ4v) is 2.19. The SMILES string of the molecule is CC1(C)OB(N2C=CCC(I)=C2)OC1(C)C. The summed E-state index contributed by atoms with van der Waals surface area (Å²) in [7, 11) is -0.314. The summed E-state index contributed by atoms with van der Waals surface area (Å²) in [6.07, 6.45) is 7.20. The highest BCUT2D eigenvalue weighted by molar-refractivity contribution is 14.1. The quantitative estimate of drug-likeness (QED) is 0.544. The van der Waals surface area contributed by atoms with Crippen molar-refractivity contribution >= 4 is 29.8 Å². The van der Waals surface area contributed by atoms with Gasteiger partial charge in [0.05, 0.1) is 11.2 Å². The molecule has 0 saturated carbocycles. The van der Waals surface area contributed by atoms with Crippen molar-refractivity contribution in [2.45, 2.75) is 45.3 Å². The van der Waals surface area contributed by atoms with Crippen LogP contribution in [0.3, 0.4) is 0 Å². The molecule has 5 heteroatoms. The summed E-state index contributed by atoms with van der Waals surface area (Å²) in [5.41, 5.74) is -0.551. The van der Waals surface area contributed by atoms with E-state index < -0.39 is 0 Å². The van der Waals surface area contributed by atoms with Crippen molar-refractivity contribution in [3.05, 3.63) is 22.1 Å². The van der Waals surface area contributed by atoms with Gasteiger partial charge in [-0.2, -0.15) is 0 Å². The number of hydrogen-bond acceptors (Lipinski definition) is 3. The maximum absolute atomic E-state index is 5.96.